The molecule has 0 aliphatic carbocycles. The molecule has 2 amide bonds. The molecular weight excluding hydrogens is 402 g/mol. The second-order valence-electron chi connectivity index (χ2n) is 7.32. The number of rotatable bonds is 5. The van der Waals surface area contributed by atoms with Crippen LogP contribution in [0, 0.1) is 6.92 Å². The normalized spacial score (nSPS) is 10.9. The number of hydrazone groups is 1. The molecule has 0 bridgehead atoms. The van der Waals surface area contributed by atoms with Crippen molar-refractivity contribution in [2.24, 2.45) is 5.10 Å². The number of aromatic hydroxyl groups is 1. The van der Waals surface area contributed by atoms with Crippen molar-refractivity contribution in [1.29, 1.82) is 0 Å². The molecule has 0 unspecified atom stereocenters. The second kappa shape index (κ2) is 9.14. The van der Waals surface area contributed by atoms with Crippen molar-refractivity contribution in [2.45, 2.75) is 6.92 Å². The number of hydrogen-bond acceptors (Lipinski definition) is 4. The van der Waals surface area contributed by atoms with Crippen LogP contribution in [0.25, 0.3) is 10.8 Å². The number of amides is 2. The number of carbonyl (C=O) groups excluding carboxylic acids is 2. The highest BCUT2D eigenvalue weighted by molar-refractivity contribution is 6.05. The molecule has 4 rings (SSSR count). The maximum atomic E-state index is 12.4. The van der Waals surface area contributed by atoms with Crippen molar-refractivity contribution >= 4 is 34.5 Å². The Bertz CT molecular complexity index is 1330. The second-order valence-corrected chi connectivity index (χ2v) is 7.32. The molecule has 0 aromatic heterocycles. The van der Waals surface area contributed by atoms with E-state index in [4.69, 9.17) is 0 Å². The summed E-state index contributed by atoms with van der Waals surface area (Å²) in [5.41, 5.74) is 5.53. The first kappa shape index (κ1) is 20.8. The van der Waals surface area contributed by atoms with E-state index in [-0.39, 0.29) is 11.7 Å². The molecule has 0 aliphatic rings. The van der Waals surface area contributed by atoms with Crippen LogP contribution in [-0.2, 0) is 0 Å². The number of hydrogen-bond donors (Lipinski definition) is 3. The zero-order valence-electron chi connectivity index (χ0n) is 17.4. The molecule has 6 nitrogen and oxygen atoms in total. The van der Waals surface area contributed by atoms with Gasteiger partial charge in [-0.25, -0.2) is 5.43 Å². The fourth-order valence-electron chi connectivity index (χ4n) is 3.33. The number of anilines is 1. The largest absolute Gasteiger partial charge is 0.507 e. The van der Waals surface area contributed by atoms with Gasteiger partial charge in [0.15, 0.2) is 0 Å². The lowest BCUT2D eigenvalue weighted by Crippen LogP contribution is -2.18. The van der Waals surface area contributed by atoms with E-state index in [1.807, 2.05) is 55.5 Å². The summed E-state index contributed by atoms with van der Waals surface area (Å²) in [7, 11) is 0. The first-order valence-electron chi connectivity index (χ1n) is 10.0. The number of benzene rings is 4. The molecule has 4 aromatic carbocycles. The summed E-state index contributed by atoms with van der Waals surface area (Å²) in [5.74, 6) is -0.543. The average Bonchev–Trinajstić information content (AvgIpc) is 2.81. The number of phenolic OH excluding ortho intramolecular Hbond substituents is 1. The third-order valence-corrected chi connectivity index (χ3v) is 4.99. The van der Waals surface area contributed by atoms with Gasteiger partial charge in [0, 0.05) is 22.4 Å². The van der Waals surface area contributed by atoms with E-state index in [0.29, 0.717) is 22.4 Å². The van der Waals surface area contributed by atoms with Crippen molar-refractivity contribution in [3.63, 3.8) is 0 Å². The van der Waals surface area contributed by atoms with Crippen LogP contribution in [0.1, 0.15) is 31.8 Å². The summed E-state index contributed by atoms with van der Waals surface area (Å²) < 4.78 is 0. The van der Waals surface area contributed by atoms with E-state index >= 15 is 0 Å². The highest BCUT2D eigenvalue weighted by atomic mass is 16.3. The molecule has 158 valence electrons. The zero-order chi connectivity index (χ0) is 22.5. The summed E-state index contributed by atoms with van der Waals surface area (Å²) in [6, 6.07) is 24.8. The van der Waals surface area contributed by atoms with E-state index in [1.54, 1.807) is 36.4 Å². The molecule has 3 N–H and O–H groups in total. The Labute approximate surface area is 185 Å². The first-order chi connectivity index (χ1) is 15.5. The maximum absolute atomic E-state index is 12.4. The minimum absolute atomic E-state index is 0.0791. The summed E-state index contributed by atoms with van der Waals surface area (Å²) >= 11 is 0. The molecule has 6 heteroatoms. The summed E-state index contributed by atoms with van der Waals surface area (Å²) in [5, 5.41) is 18.7. The van der Waals surface area contributed by atoms with Gasteiger partial charge in [-0.1, -0.05) is 48.0 Å². The van der Waals surface area contributed by atoms with Crippen LogP contribution in [0.3, 0.4) is 0 Å². The summed E-state index contributed by atoms with van der Waals surface area (Å²) in [6.07, 6.45) is 1.42. The number of phenols is 1. The highest BCUT2D eigenvalue weighted by Crippen LogP contribution is 2.25. The third kappa shape index (κ3) is 4.65. The summed E-state index contributed by atoms with van der Waals surface area (Å²) in [4.78, 5) is 24.8. The van der Waals surface area contributed by atoms with Gasteiger partial charge in [0.2, 0.25) is 0 Å². The maximum Gasteiger partial charge on any atom is 0.271 e. The standard InChI is InChI=1S/C26H21N3O3/c1-17-5-4-7-20(15-17)25(31)28-21-12-9-19(10-13-21)26(32)29-27-16-23-22-8-3-2-6-18(22)11-14-24(23)30/h2-16,30H,1H3,(H,28,31)(H,29,32)/b27-16+. The van der Waals surface area contributed by atoms with Gasteiger partial charge in [-0.3, -0.25) is 9.59 Å². The monoisotopic (exact) mass is 423 g/mol. The van der Waals surface area contributed by atoms with Crippen LogP contribution in [0.5, 0.6) is 5.75 Å². The third-order valence-electron chi connectivity index (χ3n) is 4.99. The van der Waals surface area contributed by atoms with Gasteiger partial charge in [-0.2, -0.15) is 5.10 Å². The fourth-order valence-corrected chi connectivity index (χ4v) is 3.33. The Kier molecular flexibility index (Phi) is 5.94. The van der Waals surface area contributed by atoms with Crippen LogP contribution in [0.15, 0.2) is 90.0 Å². The molecular formula is C26H21N3O3. The topological polar surface area (TPSA) is 90.8 Å². The van der Waals surface area contributed by atoms with Gasteiger partial charge in [0.25, 0.3) is 11.8 Å². The van der Waals surface area contributed by atoms with Gasteiger partial charge < -0.3 is 10.4 Å². The number of nitrogens with one attached hydrogen (secondary N) is 2. The average molecular weight is 423 g/mol. The fraction of sp³-hybridized carbons (Fsp3) is 0.0385. The Morgan fingerprint density at radius 1 is 0.844 bits per heavy atom. The van der Waals surface area contributed by atoms with E-state index in [9.17, 15) is 14.7 Å². The molecule has 0 saturated carbocycles. The molecule has 0 aliphatic heterocycles. The SMILES string of the molecule is Cc1cccc(C(=O)Nc2ccc(C(=O)N/N=C/c3c(O)ccc4ccccc34)cc2)c1. The molecule has 0 atom stereocenters. The van der Waals surface area contributed by atoms with Gasteiger partial charge in [-0.05, 0) is 60.2 Å². The van der Waals surface area contributed by atoms with Gasteiger partial charge >= 0.3 is 0 Å². The van der Waals surface area contributed by atoms with Crippen LogP contribution < -0.4 is 10.7 Å². The van der Waals surface area contributed by atoms with Crippen molar-refractivity contribution in [1.82, 2.24) is 5.43 Å². The van der Waals surface area contributed by atoms with Gasteiger partial charge in [0.05, 0.1) is 6.21 Å². The number of fused-ring (bicyclic) bond motifs is 1. The van der Waals surface area contributed by atoms with E-state index in [2.05, 4.69) is 15.8 Å². The Balaban J connectivity index is 1.41. The predicted molar refractivity (Wildman–Crippen MR) is 126 cm³/mol. The lowest BCUT2D eigenvalue weighted by atomic mass is 10.0. The molecule has 32 heavy (non-hydrogen) atoms. The van der Waals surface area contributed by atoms with Crippen molar-refractivity contribution in [3.8, 4) is 5.75 Å². The lowest BCUT2D eigenvalue weighted by Gasteiger charge is -2.07. The molecule has 0 fully saturated rings. The van der Waals surface area contributed by atoms with Crippen LogP contribution in [-0.4, -0.2) is 23.1 Å². The zero-order valence-corrected chi connectivity index (χ0v) is 17.4. The van der Waals surface area contributed by atoms with E-state index < -0.39 is 5.91 Å². The van der Waals surface area contributed by atoms with Crippen LogP contribution in [0.4, 0.5) is 5.69 Å². The van der Waals surface area contributed by atoms with Crippen molar-refractivity contribution in [3.05, 3.63) is 107 Å². The van der Waals surface area contributed by atoms with Gasteiger partial charge in [0.1, 0.15) is 5.75 Å². The minimum atomic E-state index is -0.405. The van der Waals surface area contributed by atoms with Crippen LogP contribution in [0.2, 0.25) is 0 Å². The Hall–Kier alpha value is -4.45. The molecule has 0 heterocycles. The van der Waals surface area contributed by atoms with E-state index in [1.165, 1.54) is 6.21 Å². The number of nitrogens with zero attached hydrogens (tertiary/aromatic N) is 1. The number of carbonyl (C=O) groups is 2. The Morgan fingerprint density at radius 3 is 2.41 bits per heavy atom. The van der Waals surface area contributed by atoms with E-state index in [0.717, 1.165) is 16.3 Å². The molecule has 0 saturated heterocycles. The predicted octanol–water partition coefficient (Wildman–Crippen LogP) is 4.87. The summed E-state index contributed by atoms with van der Waals surface area (Å²) in [6.45, 7) is 1.92. The van der Waals surface area contributed by atoms with Crippen molar-refractivity contribution < 1.29 is 14.7 Å². The molecule has 4 aromatic rings. The lowest BCUT2D eigenvalue weighted by molar-refractivity contribution is 0.0954. The van der Waals surface area contributed by atoms with Crippen molar-refractivity contribution in [2.75, 3.05) is 5.32 Å². The quantitative estimate of drug-likeness (QED) is 0.316. The first-order valence-corrected chi connectivity index (χ1v) is 10.0. The molecule has 0 radical (unpaired) electrons. The molecule has 0 spiro atoms. The van der Waals surface area contributed by atoms with Crippen LogP contribution >= 0.6 is 0 Å². The minimum Gasteiger partial charge on any atom is -0.507 e. The number of aryl methyl sites for hydroxylation is 1. The Morgan fingerprint density at radius 2 is 1.62 bits per heavy atom. The smallest absolute Gasteiger partial charge is 0.271 e. The highest BCUT2D eigenvalue weighted by Gasteiger charge is 2.09. The van der Waals surface area contributed by atoms with Gasteiger partial charge in [-0.15, -0.1) is 0 Å².